The molecule has 1 unspecified atom stereocenters. The molecule has 0 saturated carbocycles. The molecule has 2 N–H and O–H groups in total. The Bertz CT molecular complexity index is 920. The van der Waals surface area contributed by atoms with E-state index in [2.05, 4.69) is 56.4 Å². The fourth-order valence-electron chi connectivity index (χ4n) is 3.13. The molecule has 0 bridgehead atoms. The topological polar surface area (TPSA) is 70.1 Å². The third-order valence-electron chi connectivity index (χ3n) is 4.51. The van der Waals surface area contributed by atoms with E-state index in [9.17, 15) is 4.79 Å². The van der Waals surface area contributed by atoms with Crippen molar-refractivity contribution in [3.63, 3.8) is 0 Å². The summed E-state index contributed by atoms with van der Waals surface area (Å²) in [5.74, 6) is 0.768. The molecule has 0 radical (unpaired) electrons. The molecule has 0 saturated heterocycles. The number of anilines is 1. The Morgan fingerprint density at radius 3 is 2.86 bits per heavy atom. The summed E-state index contributed by atoms with van der Waals surface area (Å²) in [7, 11) is 4.13. The van der Waals surface area contributed by atoms with Crippen molar-refractivity contribution in [1.82, 2.24) is 20.2 Å². The van der Waals surface area contributed by atoms with Crippen LogP contribution in [0.4, 0.5) is 5.82 Å². The number of hydrogen-bond acceptors (Lipinski definition) is 7. The average molecular weight is 418 g/mol. The van der Waals surface area contributed by atoms with Crippen LogP contribution in [-0.2, 0) is 6.42 Å². The van der Waals surface area contributed by atoms with Crippen molar-refractivity contribution in [3.8, 4) is 0 Å². The van der Waals surface area contributed by atoms with Crippen LogP contribution >= 0.6 is 22.7 Å². The molecular weight excluding hydrogens is 390 g/mol. The first kappa shape index (κ1) is 20.7. The second-order valence-corrected chi connectivity index (χ2v) is 9.03. The number of thiophene rings is 2. The predicted octanol–water partition coefficient (Wildman–Crippen LogP) is 3.79. The van der Waals surface area contributed by atoms with Crippen LogP contribution in [0.1, 0.15) is 34.1 Å². The maximum atomic E-state index is 12.8. The largest absolute Gasteiger partial charge is 0.369 e. The summed E-state index contributed by atoms with van der Waals surface area (Å²) in [5.41, 5.74) is 2.19. The summed E-state index contributed by atoms with van der Waals surface area (Å²) in [6.45, 7) is 5.86. The van der Waals surface area contributed by atoms with E-state index in [-0.39, 0.29) is 11.9 Å². The highest BCUT2D eigenvalue weighted by atomic mass is 32.1. The van der Waals surface area contributed by atoms with Crippen LogP contribution in [0.3, 0.4) is 0 Å². The molecule has 3 aromatic heterocycles. The molecule has 28 heavy (non-hydrogen) atoms. The molecule has 3 rings (SSSR count). The first-order chi connectivity index (χ1) is 13.5. The maximum Gasteiger partial charge on any atom is 0.261 e. The zero-order chi connectivity index (χ0) is 20.1. The first-order valence-electron chi connectivity index (χ1n) is 9.40. The quantitative estimate of drug-likeness (QED) is 0.519. The number of rotatable bonds is 9. The lowest BCUT2D eigenvalue weighted by Crippen LogP contribution is -2.33. The van der Waals surface area contributed by atoms with Crippen molar-refractivity contribution in [1.29, 1.82) is 0 Å². The van der Waals surface area contributed by atoms with Crippen molar-refractivity contribution < 1.29 is 4.79 Å². The Morgan fingerprint density at radius 2 is 2.14 bits per heavy atom. The zero-order valence-corrected chi connectivity index (χ0v) is 18.4. The number of hydrogen-bond donors (Lipinski definition) is 2. The lowest BCUT2D eigenvalue weighted by molar-refractivity contribution is 0.0944. The van der Waals surface area contributed by atoms with Gasteiger partial charge >= 0.3 is 0 Å². The van der Waals surface area contributed by atoms with Crippen LogP contribution < -0.4 is 10.6 Å². The van der Waals surface area contributed by atoms with E-state index in [4.69, 9.17) is 0 Å². The Morgan fingerprint density at radius 1 is 1.32 bits per heavy atom. The number of aryl methyl sites for hydroxylation is 1. The highest BCUT2D eigenvalue weighted by Gasteiger charge is 2.20. The van der Waals surface area contributed by atoms with E-state index in [0.29, 0.717) is 4.88 Å². The van der Waals surface area contributed by atoms with Gasteiger partial charge in [0.1, 0.15) is 17.0 Å². The molecule has 0 aliphatic carbocycles. The van der Waals surface area contributed by atoms with Crippen molar-refractivity contribution in [2.24, 2.45) is 0 Å². The fraction of sp³-hybridized carbons (Fsp3) is 0.450. The molecule has 1 atom stereocenters. The number of carbonyl (C=O) groups is 1. The summed E-state index contributed by atoms with van der Waals surface area (Å²) < 4.78 is 0. The lowest BCUT2D eigenvalue weighted by atomic mass is 10.1. The van der Waals surface area contributed by atoms with Crippen LogP contribution in [0.15, 0.2) is 23.2 Å². The van der Waals surface area contributed by atoms with Gasteiger partial charge in [-0.1, -0.05) is 0 Å². The molecule has 1 amide bonds. The monoisotopic (exact) mass is 417 g/mol. The third-order valence-corrected chi connectivity index (χ3v) is 6.44. The number of nitrogens with one attached hydrogen (secondary N) is 2. The van der Waals surface area contributed by atoms with Crippen LogP contribution in [0.2, 0.25) is 0 Å². The van der Waals surface area contributed by atoms with Gasteiger partial charge in [-0.15, -0.1) is 11.3 Å². The van der Waals surface area contributed by atoms with E-state index in [1.165, 1.54) is 16.9 Å². The highest BCUT2D eigenvalue weighted by Crippen LogP contribution is 2.33. The summed E-state index contributed by atoms with van der Waals surface area (Å²) >= 11 is 3.11. The van der Waals surface area contributed by atoms with E-state index in [1.807, 2.05) is 13.8 Å². The van der Waals surface area contributed by atoms with E-state index in [1.54, 1.807) is 17.7 Å². The van der Waals surface area contributed by atoms with Gasteiger partial charge in [0.25, 0.3) is 5.91 Å². The second-order valence-electron chi connectivity index (χ2n) is 7.25. The summed E-state index contributed by atoms with van der Waals surface area (Å²) in [6, 6.07) is 2.17. The zero-order valence-electron chi connectivity index (χ0n) is 16.8. The van der Waals surface area contributed by atoms with Gasteiger partial charge in [-0.05, 0) is 75.3 Å². The Hall–Kier alpha value is -2.03. The molecule has 6 nitrogen and oxygen atoms in total. The summed E-state index contributed by atoms with van der Waals surface area (Å²) in [4.78, 5) is 25.4. The average Bonchev–Trinajstić information content (AvgIpc) is 3.26. The van der Waals surface area contributed by atoms with Gasteiger partial charge < -0.3 is 15.5 Å². The molecule has 0 spiro atoms. The van der Waals surface area contributed by atoms with Gasteiger partial charge in [-0.25, -0.2) is 9.97 Å². The number of fused-ring (bicyclic) bond motifs is 1. The first-order valence-corrected chi connectivity index (χ1v) is 11.2. The lowest BCUT2D eigenvalue weighted by Gasteiger charge is -2.13. The minimum absolute atomic E-state index is 0.0400. The Kier molecular flexibility index (Phi) is 6.98. The van der Waals surface area contributed by atoms with Crippen molar-refractivity contribution >= 4 is 44.6 Å². The highest BCUT2D eigenvalue weighted by molar-refractivity contribution is 7.20. The van der Waals surface area contributed by atoms with Crippen LogP contribution in [0.5, 0.6) is 0 Å². The Labute approximate surface area is 174 Å². The van der Waals surface area contributed by atoms with Gasteiger partial charge in [0.15, 0.2) is 0 Å². The smallest absolute Gasteiger partial charge is 0.261 e. The van der Waals surface area contributed by atoms with Crippen LogP contribution in [0.25, 0.3) is 10.2 Å². The van der Waals surface area contributed by atoms with Gasteiger partial charge in [0.2, 0.25) is 0 Å². The predicted molar refractivity (Wildman–Crippen MR) is 119 cm³/mol. The van der Waals surface area contributed by atoms with Crippen LogP contribution in [-0.4, -0.2) is 54.0 Å². The number of amides is 1. The minimum Gasteiger partial charge on any atom is -0.369 e. The van der Waals surface area contributed by atoms with Crippen LogP contribution in [0, 0.1) is 6.92 Å². The Balaban J connectivity index is 1.72. The molecule has 0 aliphatic heterocycles. The normalized spacial score (nSPS) is 12.5. The van der Waals surface area contributed by atoms with Crippen molar-refractivity contribution in [2.75, 3.05) is 32.5 Å². The SMILES string of the molecule is Cc1c(C(=O)NC(C)Cc2ccsc2)sc2ncnc(NCCCN(C)C)c12. The van der Waals surface area contributed by atoms with E-state index in [0.717, 1.165) is 47.5 Å². The van der Waals surface area contributed by atoms with Gasteiger partial charge in [0.05, 0.1) is 10.3 Å². The fourth-order valence-corrected chi connectivity index (χ4v) is 4.86. The van der Waals surface area contributed by atoms with Gasteiger partial charge in [-0.2, -0.15) is 11.3 Å². The number of nitrogens with zero attached hydrogens (tertiary/aromatic N) is 3. The molecular formula is C20H27N5OS2. The van der Waals surface area contributed by atoms with E-state index < -0.39 is 0 Å². The molecule has 0 aliphatic rings. The maximum absolute atomic E-state index is 12.8. The molecule has 150 valence electrons. The summed E-state index contributed by atoms with van der Waals surface area (Å²) in [5, 5.41) is 11.7. The number of carbonyl (C=O) groups excluding carboxylic acids is 1. The van der Waals surface area contributed by atoms with Crippen molar-refractivity contribution in [3.05, 3.63) is 39.2 Å². The van der Waals surface area contributed by atoms with E-state index >= 15 is 0 Å². The molecule has 0 aromatic carbocycles. The second kappa shape index (κ2) is 9.45. The molecule has 3 aromatic rings. The standard InChI is InChI=1S/C20H27N5OS2/c1-13(10-15-6-9-27-11-15)24-19(26)17-14(2)16-18(21-7-5-8-25(3)4)22-12-23-20(16)28-17/h6,9,11-13H,5,7-8,10H2,1-4H3,(H,24,26)(H,21,22,23). The molecule has 0 fully saturated rings. The van der Waals surface area contributed by atoms with Gasteiger partial charge in [0, 0.05) is 12.6 Å². The molecule has 8 heteroatoms. The molecule has 3 heterocycles. The van der Waals surface area contributed by atoms with Crippen molar-refractivity contribution in [2.45, 2.75) is 32.7 Å². The third kappa shape index (κ3) is 5.06. The van der Waals surface area contributed by atoms with Gasteiger partial charge in [-0.3, -0.25) is 4.79 Å². The minimum atomic E-state index is -0.0400. The number of aromatic nitrogens is 2. The summed E-state index contributed by atoms with van der Waals surface area (Å²) in [6.07, 6.45) is 3.42.